The van der Waals surface area contributed by atoms with E-state index in [-0.39, 0.29) is 64.0 Å². The first-order chi connectivity index (χ1) is 29.2. The Bertz CT molecular complexity index is 1510. The molecular formula is C48H72O13. The van der Waals surface area contributed by atoms with Crippen LogP contribution in [0.25, 0.3) is 0 Å². The Labute approximate surface area is 363 Å². The van der Waals surface area contributed by atoms with Gasteiger partial charge in [0.15, 0.2) is 12.2 Å². The lowest BCUT2D eigenvalue weighted by molar-refractivity contribution is -0.161. The standard InChI is InChI=1S/C20H28O6.C18H28O7.C10H16/c1-4-23-14-18(15-25-17-10-6-5-7-11-17)26-19(21)12-8-9-13-24-20(22)16(2)3;1-6-22-11-15(12-24-18(21)14(4)5)25-16(19)9-7-8-10-23-17(20)13(2)3;1-2-9-7-4-5-8(6-7)10(9)3-1/h5-7,10-11,18H,2,4,8-9,12-15H2,1,3H3;15H,2,4,6-12H2,1,3,5H3;7-10H,1-6H2. The van der Waals surface area contributed by atoms with Crippen LogP contribution in [0.1, 0.15) is 112 Å². The van der Waals surface area contributed by atoms with E-state index in [1.54, 1.807) is 52.4 Å². The lowest BCUT2D eigenvalue weighted by Gasteiger charge is -2.23. The van der Waals surface area contributed by atoms with E-state index < -0.39 is 36.1 Å². The molecule has 0 N–H and O–H groups in total. The van der Waals surface area contributed by atoms with Gasteiger partial charge in [0, 0.05) is 42.8 Å². The van der Waals surface area contributed by atoms with Crippen LogP contribution in [0.3, 0.4) is 0 Å². The van der Waals surface area contributed by atoms with E-state index in [0.29, 0.717) is 55.8 Å². The van der Waals surface area contributed by atoms with Gasteiger partial charge in [-0.3, -0.25) is 9.59 Å². The van der Waals surface area contributed by atoms with Crippen molar-refractivity contribution in [1.29, 1.82) is 0 Å². The fourth-order valence-corrected chi connectivity index (χ4v) is 7.56. The van der Waals surface area contributed by atoms with Gasteiger partial charge in [0.25, 0.3) is 0 Å². The number of ether oxygens (including phenoxy) is 8. The highest BCUT2D eigenvalue weighted by Gasteiger charge is 2.48. The minimum Gasteiger partial charge on any atom is -0.490 e. The molecule has 0 spiro atoms. The molecule has 6 unspecified atom stereocenters. The number of hydrogen-bond donors (Lipinski definition) is 0. The molecule has 1 aromatic rings. The van der Waals surface area contributed by atoms with Crippen LogP contribution >= 0.6 is 0 Å². The van der Waals surface area contributed by atoms with Crippen LogP contribution in [-0.2, 0) is 57.1 Å². The summed E-state index contributed by atoms with van der Waals surface area (Å²) in [5.41, 5.74) is 0.967. The van der Waals surface area contributed by atoms with Crippen LogP contribution in [0, 0.1) is 23.7 Å². The molecule has 4 rings (SSSR count). The summed E-state index contributed by atoms with van der Waals surface area (Å²) in [6.07, 6.45) is 11.0. The lowest BCUT2D eigenvalue weighted by atomic mass is 9.82. The van der Waals surface area contributed by atoms with E-state index in [9.17, 15) is 24.0 Å². The predicted molar refractivity (Wildman–Crippen MR) is 231 cm³/mol. The maximum Gasteiger partial charge on any atom is 0.333 e. The Morgan fingerprint density at radius 1 is 0.590 bits per heavy atom. The molecule has 342 valence electrons. The quantitative estimate of drug-likeness (QED) is 0.0378. The first-order valence-electron chi connectivity index (χ1n) is 22.0. The number of para-hydroxylation sites is 1. The van der Waals surface area contributed by atoms with Crippen molar-refractivity contribution in [3.05, 3.63) is 66.8 Å². The van der Waals surface area contributed by atoms with Crippen molar-refractivity contribution in [1.82, 2.24) is 0 Å². The number of rotatable bonds is 26. The summed E-state index contributed by atoms with van der Waals surface area (Å²) < 4.78 is 41.8. The van der Waals surface area contributed by atoms with Gasteiger partial charge < -0.3 is 37.9 Å². The van der Waals surface area contributed by atoms with Gasteiger partial charge in [0.1, 0.15) is 19.0 Å². The second kappa shape index (κ2) is 30.5. The third-order valence-corrected chi connectivity index (χ3v) is 10.6. The van der Waals surface area contributed by atoms with Crippen molar-refractivity contribution in [2.45, 2.75) is 124 Å². The SMILES string of the molecule is C1CC2C3CCC(C3)C2C1.C=C(C)C(=O)OCCCCC(=O)OC(COCC)COC(=O)C(=C)C.C=C(C)C(=O)OCCCCC(=O)OC(COCC)COc1ccccc1. The molecular weight excluding hydrogens is 785 g/mol. The minimum absolute atomic E-state index is 0.0896. The number of benzene rings is 1. The highest BCUT2D eigenvalue weighted by Crippen LogP contribution is 2.58. The summed E-state index contributed by atoms with van der Waals surface area (Å²) in [6.45, 7) is 20.9. The Hall–Kier alpha value is -4.49. The lowest BCUT2D eigenvalue weighted by Crippen LogP contribution is -2.30. The van der Waals surface area contributed by atoms with Crippen molar-refractivity contribution in [3.63, 3.8) is 0 Å². The molecule has 1 aromatic carbocycles. The number of hydrogen-bond acceptors (Lipinski definition) is 13. The molecule has 0 aromatic heterocycles. The normalized spacial score (nSPS) is 19.0. The Morgan fingerprint density at radius 3 is 1.48 bits per heavy atom. The summed E-state index contributed by atoms with van der Waals surface area (Å²) in [5.74, 6) is 3.36. The number of unbranched alkanes of at least 4 members (excludes halogenated alkanes) is 2. The fourth-order valence-electron chi connectivity index (χ4n) is 7.56. The first kappa shape index (κ1) is 52.6. The monoisotopic (exact) mass is 856 g/mol. The molecule has 13 nitrogen and oxygen atoms in total. The predicted octanol–water partition coefficient (Wildman–Crippen LogP) is 8.48. The zero-order valence-electron chi connectivity index (χ0n) is 37.4. The van der Waals surface area contributed by atoms with Crippen molar-refractivity contribution in [3.8, 4) is 5.75 Å². The number of esters is 5. The second-order valence-electron chi connectivity index (χ2n) is 15.9. The number of carbonyl (C=O) groups is 5. The van der Waals surface area contributed by atoms with Crippen LogP contribution < -0.4 is 4.74 Å². The number of fused-ring (bicyclic) bond motifs is 5. The molecule has 61 heavy (non-hydrogen) atoms. The van der Waals surface area contributed by atoms with Gasteiger partial charge in [-0.25, -0.2) is 14.4 Å². The summed E-state index contributed by atoms with van der Waals surface area (Å²) in [6, 6.07) is 9.33. The largest absolute Gasteiger partial charge is 0.490 e. The van der Waals surface area contributed by atoms with Gasteiger partial charge in [-0.2, -0.15) is 0 Å². The van der Waals surface area contributed by atoms with Gasteiger partial charge in [-0.15, -0.1) is 0 Å². The molecule has 3 fully saturated rings. The zero-order chi connectivity index (χ0) is 45.0. The van der Waals surface area contributed by atoms with E-state index in [4.69, 9.17) is 37.9 Å². The smallest absolute Gasteiger partial charge is 0.333 e. The first-order valence-corrected chi connectivity index (χ1v) is 22.0. The van der Waals surface area contributed by atoms with Gasteiger partial charge in [-0.05, 0) is 128 Å². The fraction of sp³-hybridized carbons (Fsp3) is 0.646. The van der Waals surface area contributed by atoms with Gasteiger partial charge >= 0.3 is 29.8 Å². The molecule has 2 bridgehead atoms. The van der Waals surface area contributed by atoms with Crippen molar-refractivity contribution in [2.24, 2.45) is 23.7 Å². The zero-order valence-corrected chi connectivity index (χ0v) is 37.4. The summed E-state index contributed by atoms with van der Waals surface area (Å²) in [5, 5.41) is 0. The van der Waals surface area contributed by atoms with E-state index >= 15 is 0 Å². The molecule has 3 saturated carbocycles. The van der Waals surface area contributed by atoms with Gasteiger partial charge in [0.2, 0.25) is 0 Å². The van der Waals surface area contributed by atoms with Crippen LogP contribution in [0.4, 0.5) is 0 Å². The molecule has 0 saturated heterocycles. The average molecular weight is 857 g/mol. The Balaban J connectivity index is 0.000000340. The maximum absolute atomic E-state index is 12.0. The summed E-state index contributed by atoms with van der Waals surface area (Å²) in [4.78, 5) is 57.6. The topological polar surface area (TPSA) is 159 Å². The van der Waals surface area contributed by atoms with Crippen molar-refractivity contribution in [2.75, 3.05) is 52.9 Å². The summed E-state index contributed by atoms with van der Waals surface area (Å²) >= 11 is 0. The molecule has 0 heterocycles. The highest BCUT2D eigenvalue weighted by atomic mass is 16.6. The van der Waals surface area contributed by atoms with Crippen molar-refractivity contribution >= 4 is 29.8 Å². The molecule has 3 aliphatic rings. The maximum atomic E-state index is 12.0. The van der Waals surface area contributed by atoms with E-state index in [0.717, 1.165) is 0 Å². The molecule has 0 aliphatic heterocycles. The molecule has 3 aliphatic carbocycles. The molecule has 6 atom stereocenters. The summed E-state index contributed by atoms with van der Waals surface area (Å²) in [7, 11) is 0. The molecule has 0 radical (unpaired) electrons. The third kappa shape index (κ3) is 22.3. The van der Waals surface area contributed by atoms with E-state index in [2.05, 4.69) is 19.7 Å². The Morgan fingerprint density at radius 2 is 1.03 bits per heavy atom. The van der Waals surface area contributed by atoms with E-state index in [1.807, 2.05) is 44.2 Å². The van der Waals surface area contributed by atoms with Crippen LogP contribution in [-0.4, -0.2) is 94.9 Å². The van der Waals surface area contributed by atoms with Crippen molar-refractivity contribution < 1.29 is 61.9 Å². The van der Waals surface area contributed by atoms with Gasteiger partial charge in [-0.1, -0.05) is 44.4 Å². The second-order valence-corrected chi connectivity index (χ2v) is 15.9. The number of carbonyl (C=O) groups excluding carboxylic acids is 5. The van der Waals surface area contributed by atoms with Crippen LogP contribution in [0.15, 0.2) is 66.8 Å². The van der Waals surface area contributed by atoms with Crippen LogP contribution in [0.5, 0.6) is 5.75 Å². The van der Waals surface area contributed by atoms with E-state index in [1.165, 1.54) is 30.6 Å². The molecule has 0 amide bonds. The third-order valence-electron chi connectivity index (χ3n) is 10.6. The Kier molecular flexibility index (Phi) is 26.3. The minimum atomic E-state index is -0.669. The van der Waals surface area contributed by atoms with Crippen LogP contribution in [0.2, 0.25) is 0 Å². The molecule has 13 heteroatoms. The average Bonchev–Trinajstić information content (AvgIpc) is 4.01. The highest BCUT2D eigenvalue weighted by molar-refractivity contribution is 5.87. The van der Waals surface area contributed by atoms with Gasteiger partial charge in [0.05, 0.1) is 26.4 Å².